The summed E-state index contributed by atoms with van der Waals surface area (Å²) in [6.45, 7) is 5.86. The molecule has 1 aromatic carbocycles. The molecule has 180 valence electrons. The van der Waals surface area contributed by atoms with Crippen LogP contribution in [0.2, 0.25) is 0 Å². The Kier molecular flexibility index (Phi) is 7.94. The Morgan fingerprint density at radius 1 is 1.00 bits per heavy atom. The molecule has 0 unspecified atom stereocenters. The molecule has 0 spiro atoms. The predicted molar refractivity (Wildman–Crippen MR) is 143 cm³/mol. The SMILES string of the molecule is CCC(=O)Nc1cc(C(=O)CSc2nnc(-c3sccc3C)c(-c3sccc3C)n2)ccc1OC. The van der Waals surface area contributed by atoms with Gasteiger partial charge in [0.15, 0.2) is 5.78 Å². The highest BCUT2D eigenvalue weighted by molar-refractivity contribution is 7.99. The molecule has 4 rings (SSSR count). The fraction of sp³-hybridized carbons (Fsp3) is 0.240. The number of carbonyl (C=O) groups is 2. The summed E-state index contributed by atoms with van der Waals surface area (Å²) in [7, 11) is 1.52. The highest BCUT2D eigenvalue weighted by Crippen LogP contribution is 2.38. The molecule has 10 heteroatoms. The number of thioether (sulfide) groups is 1. The van der Waals surface area contributed by atoms with Crippen molar-refractivity contribution < 1.29 is 14.3 Å². The summed E-state index contributed by atoms with van der Waals surface area (Å²) in [6.07, 6.45) is 0.328. The van der Waals surface area contributed by atoms with Gasteiger partial charge in [-0.15, -0.1) is 32.9 Å². The molecule has 0 aliphatic carbocycles. The molecule has 0 saturated heterocycles. The van der Waals surface area contributed by atoms with Gasteiger partial charge in [0.1, 0.15) is 17.1 Å². The highest BCUT2D eigenvalue weighted by atomic mass is 32.2. The van der Waals surface area contributed by atoms with E-state index in [1.54, 1.807) is 47.8 Å². The number of nitrogens with zero attached hydrogens (tertiary/aromatic N) is 3. The fourth-order valence-corrected chi connectivity index (χ4v) is 5.85. The van der Waals surface area contributed by atoms with Crippen LogP contribution in [0.4, 0.5) is 5.69 Å². The summed E-state index contributed by atoms with van der Waals surface area (Å²) in [6, 6.07) is 9.11. The standard InChI is InChI=1S/C25H24N4O3S3/c1-5-20(31)26-17-12-16(6-7-19(17)32-4)18(30)13-35-25-27-21(23-14(2)8-10-33-23)22(28-29-25)24-15(3)9-11-34-24/h6-12H,5,13H2,1-4H3,(H,26,31). The number of ether oxygens (including phenoxy) is 1. The molecule has 0 bridgehead atoms. The molecule has 0 saturated carbocycles. The summed E-state index contributed by atoms with van der Waals surface area (Å²) in [5.74, 6) is 0.369. The molecule has 0 atom stereocenters. The van der Waals surface area contributed by atoms with Gasteiger partial charge in [-0.05, 0) is 66.1 Å². The number of benzene rings is 1. The first-order chi connectivity index (χ1) is 16.9. The van der Waals surface area contributed by atoms with E-state index in [1.807, 2.05) is 24.6 Å². The average molecular weight is 525 g/mol. The zero-order valence-corrected chi connectivity index (χ0v) is 22.2. The first kappa shape index (κ1) is 25.0. The van der Waals surface area contributed by atoms with Crippen molar-refractivity contribution in [1.29, 1.82) is 0 Å². The summed E-state index contributed by atoms with van der Waals surface area (Å²) in [4.78, 5) is 31.7. The van der Waals surface area contributed by atoms with Crippen molar-refractivity contribution in [3.63, 3.8) is 0 Å². The molecule has 3 aromatic heterocycles. The van der Waals surface area contributed by atoms with Gasteiger partial charge in [-0.1, -0.05) is 18.7 Å². The second kappa shape index (κ2) is 11.1. The number of aryl methyl sites for hydroxylation is 2. The van der Waals surface area contributed by atoms with E-state index in [4.69, 9.17) is 9.72 Å². The number of nitrogens with one attached hydrogen (secondary N) is 1. The lowest BCUT2D eigenvalue weighted by Gasteiger charge is -2.11. The minimum Gasteiger partial charge on any atom is -0.495 e. The number of anilines is 1. The number of ketones is 1. The minimum atomic E-state index is -0.154. The second-order valence-electron chi connectivity index (χ2n) is 7.69. The van der Waals surface area contributed by atoms with Crippen LogP contribution in [-0.4, -0.2) is 39.7 Å². The van der Waals surface area contributed by atoms with Crippen molar-refractivity contribution in [3.05, 3.63) is 57.8 Å². The zero-order valence-electron chi connectivity index (χ0n) is 19.7. The van der Waals surface area contributed by atoms with Crippen LogP contribution in [0.3, 0.4) is 0 Å². The molecule has 0 fully saturated rings. The van der Waals surface area contributed by atoms with Crippen molar-refractivity contribution in [3.8, 4) is 26.9 Å². The topological polar surface area (TPSA) is 94.1 Å². The Morgan fingerprint density at radius 2 is 1.69 bits per heavy atom. The van der Waals surface area contributed by atoms with E-state index in [9.17, 15) is 9.59 Å². The Balaban J connectivity index is 1.58. The number of Topliss-reactive ketones (excluding diaryl/α,β-unsaturated/α-hetero) is 1. The number of amides is 1. The number of methoxy groups -OCH3 is 1. The van der Waals surface area contributed by atoms with Gasteiger partial charge in [0.25, 0.3) is 0 Å². The third kappa shape index (κ3) is 5.61. The van der Waals surface area contributed by atoms with Gasteiger partial charge < -0.3 is 10.1 Å². The molecule has 7 nitrogen and oxygen atoms in total. The molecular formula is C25H24N4O3S3. The molecule has 0 radical (unpaired) electrons. The van der Waals surface area contributed by atoms with Gasteiger partial charge in [0.05, 0.1) is 28.3 Å². The maximum atomic E-state index is 12.9. The Bertz CT molecular complexity index is 1380. The Hall–Kier alpha value is -3.08. The highest BCUT2D eigenvalue weighted by Gasteiger charge is 2.20. The molecule has 4 aromatic rings. The minimum absolute atomic E-state index is 0.111. The van der Waals surface area contributed by atoms with Crippen LogP contribution in [0.5, 0.6) is 5.75 Å². The zero-order chi connectivity index (χ0) is 24.9. The van der Waals surface area contributed by atoms with E-state index >= 15 is 0 Å². The van der Waals surface area contributed by atoms with E-state index in [0.29, 0.717) is 28.6 Å². The third-order valence-electron chi connectivity index (χ3n) is 5.27. The Morgan fingerprint density at radius 3 is 2.29 bits per heavy atom. The van der Waals surface area contributed by atoms with Crippen molar-refractivity contribution >= 4 is 51.8 Å². The van der Waals surface area contributed by atoms with Crippen LogP contribution < -0.4 is 10.1 Å². The van der Waals surface area contributed by atoms with Crippen LogP contribution in [0, 0.1) is 13.8 Å². The van der Waals surface area contributed by atoms with Gasteiger partial charge in [0.2, 0.25) is 11.1 Å². The lowest BCUT2D eigenvalue weighted by molar-refractivity contribution is -0.115. The maximum Gasteiger partial charge on any atom is 0.224 e. The van der Waals surface area contributed by atoms with Crippen LogP contribution in [0.25, 0.3) is 21.1 Å². The third-order valence-corrected chi connectivity index (χ3v) is 8.15. The van der Waals surface area contributed by atoms with E-state index in [1.165, 1.54) is 18.9 Å². The summed E-state index contributed by atoms with van der Waals surface area (Å²) in [5, 5.41) is 16.1. The monoisotopic (exact) mass is 524 g/mol. The first-order valence-electron chi connectivity index (χ1n) is 10.9. The van der Waals surface area contributed by atoms with Crippen LogP contribution in [0.1, 0.15) is 34.8 Å². The van der Waals surface area contributed by atoms with E-state index in [2.05, 4.69) is 27.6 Å². The fourth-order valence-electron chi connectivity index (χ4n) is 3.35. The average Bonchev–Trinajstić information content (AvgIpc) is 3.49. The predicted octanol–water partition coefficient (Wildman–Crippen LogP) is 6.28. The molecule has 0 aliphatic heterocycles. The normalized spacial score (nSPS) is 10.9. The number of rotatable bonds is 9. The number of hydrogen-bond donors (Lipinski definition) is 1. The molecule has 1 N–H and O–H groups in total. The number of hydrogen-bond acceptors (Lipinski definition) is 9. The van der Waals surface area contributed by atoms with Crippen LogP contribution >= 0.6 is 34.4 Å². The van der Waals surface area contributed by atoms with Crippen molar-refractivity contribution in [2.45, 2.75) is 32.3 Å². The van der Waals surface area contributed by atoms with Gasteiger partial charge >= 0.3 is 0 Å². The second-order valence-corrected chi connectivity index (χ2v) is 10.5. The summed E-state index contributed by atoms with van der Waals surface area (Å²) < 4.78 is 5.31. The molecule has 0 aliphatic rings. The van der Waals surface area contributed by atoms with E-state index in [-0.39, 0.29) is 17.4 Å². The van der Waals surface area contributed by atoms with Gasteiger partial charge in [-0.2, -0.15) is 0 Å². The van der Waals surface area contributed by atoms with Crippen LogP contribution in [-0.2, 0) is 4.79 Å². The molecule has 35 heavy (non-hydrogen) atoms. The summed E-state index contributed by atoms with van der Waals surface area (Å²) >= 11 is 4.47. The summed E-state index contributed by atoms with van der Waals surface area (Å²) in [5.41, 5.74) is 4.73. The molecule has 3 heterocycles. The largest absolute Gasteiger partial charge is 0.495 e. The quantitative estimate of drug-likeness (QED) is 0.203. The lowest BCUT2D eigenvalue weighted by Crippen LogP contribution is -2.12. The van der Waals surface area contributed by atoms with Gasteiger partial charge in [0, 0.05) is 12.0 Å². The van der Waals surface area contributed by atoms with Crippen molar-refractivity contribution in [2.24, 2.45) is 0 Å². The van der Waals surface area contributed by atoms with Gasteiger partial charge in [-0.25, -0.2) is 4.98 Å². The van der Waals surface area contributed by atoms with Gasteiger partial charge in [-0.3, -0.25) is 9.59 Å². The number of thiophene rings is 2. The maximum absolute atomic E-state index is 12.9. The van der Waals surface area contributed by atoms with E-state index < -0.39 is 0 Å². The Labute approximate surface area is 216 Å². The number of carbonyl (C=O) groups excluding carboxylic acids is 2. The van der Waals surface area contributed by atoms with Crippen LogP contribution in [0.15, 0.2) is 46.2 Å². The van der Waals surface area contributed by atoms with E-state index in [0.717, 1.165) is 32.3 Å². The molecular weight excluding hydrogens is 501 g/mol. The number of aromatic nitrogens is 3. The van der Waals surface area contributed by atoms with Crippen molar-refractivity contribution in [2.75, 3.05) is 18.2 Å². The molecule has 1 amide bonds. The smallest absolute Gasteiger partial charge is 0.224 e. The lowest BCUT2D eigenvalue weighted by atomic mass is 10.1. The first-order valence-corrected chi connectivity index (χ1v) is 13.6. The van der Waals surface area contributed by atoms with Crippen molar-refractivity contribution in [1.82, 2.24) is 15.2 Å².